The van der Waals surface area contributed by atoms with E-state index in [1.807, 2.05) is 6.07 Å². The number of hydrogen-bond acceptors (Lipinski definition) is 2. The molecular weight excluding hydrogens is 330 g/mol. The number of rotatable bonds is 3. The molecule has 0 saturated heterocycles. The Morgan fingerprint density at radius 1 is 1.29 bits per heavy atom. The van der Waals surface area contributed by atoms with Gasteiger partial charge < -0.3 is 0 Å². The van der Waals surface area contributed by atoms with Crippen LogP contribution in [-0.2, 0) is 6.54 Å². The van der Waals surface area contributed by atoms with Crippen molar-refractivity contribution in [2.24, 2.45) is 0 Å². The van der Waals surface area contributed by atoms with E-state index in [0.717, 1.165) is 11.5 Å². The Kier molecular flexibility index (Phi) is 3.62. The van der Waals surface area contributed by atoms with Gasteiger partial charge in [-0.2, -0.15) is 0 Å². The van der Waals surface area contributed by atoms with Crippen LogP contribution < -0.4 is 14.0 Å². The van der Waals surface area contributed by atoms with Crippen molar-refractivity contribution in [3.05, 3.63) is 15.8 Å². The molecule has 1 aromatic heterocycles. The number of methoxy groups -OCH3 is 2. The third-order valence-electron chi connectivity index (χ3n) is 2.64. The molecule has 0 fully saturated rings. The third kappa shape index (κ3) is 2.14. The molecule has 1 heterocycles. The number of aromatic nitrogens is 1. The van der Waals surface area contributed by atoms with Crippen LogP contribution in [0.5, 0.6) is 11.5 Å². The fraction of sp³-hybridized carbons (Fsp3) is 0.308. The van der Waals surface area contributed by atoms with Crippen LogP contribution in [0.4, 0.5) is 0 Å². The van der Waals surface area contributed by atoms with E-state index >= 15 is 0 Å². The quantitative estimate of drug-likeness (QED) is 0.474. The van der Waals surface area contributed by atoms with E-state index in [-0.39, 0.29) is 20.4 Å². The molecule has 0 spiro atoms. The number of terminal acetylenes is 1. The van der Waals surface area contributed by atoms with E-state index < -0.39 is 0 Å². The standard InChI is InChI=1S/C13H14NO2Te/c1-5-6-14-9(2)17-13-8-12(16-4)11(15-3)7-10(13)14/h1,7-8H,6H2,2-4H3/q+1. The van der Waals surface area contributed by atoms with Gasteiger partial charge in [0.15, 0.2) is 0 Å². The molecule has 1 aromatic carbocycles. The van der Waals surface area contributed by atoms with Crippen LogP contribution in [0, 0.1) is 19.3 Å². The van der Waals surface area contributed by atoms with Gasteiger partial charge in [-0.1, -0.05) is 0 Å². The molecule has 0 N–H and O–H groups in total. The van der Waals surface area contributed by atoms with Crippen molar-refractivity contribution in [3.8, 4) is 23.8 Å². The van der Waals surface area contributed by atoms with Gasteiger partial charge in [0.25, 0.3) is 0 Å². The van der Waals surface area contributed by atoms with Crippen LogP contribution in [0.1, 0.15) is 3.71 Å². The number of nitrogens with zero attached hydrogens (tertiary/aromatic N) is 1. The van der Waals surface area contributed by atoms with Crippen molar-refractivity contribution in [2.75, 3.05) is 14.2 Å². The Morgan fingerprint density at radius 3 is 2.53 bits per heavy atom. The number of aryl methyl sites for hydroxylation is 1. The van der Waals surface area contributed by atoms with Gasteiger partial charge in [0.2, 0.25) is 0 Å². The Bertz CT molecular complexity index is 595. The molecule has 0 bridgehead atoms. The first-order valence-corrected chi connectivity index (χ1v) is 7.52. The van der Waals surface area contributed by atoms with Gasteiger partial charge in [-0.25, -0.2) is 0 Å². The van der Waals surface area contributed by atoms with E-state index in [1.165, 1.54) is 12.6 Å². The van der Waals surface area contributed by atoms with Crippen LogP contribution in [0.3, 0.4) is 0 Å². The van der Waals surface area contributed by atoms with Gasteiger partial charge in [-0.05, 0) is 0 Å². The van der Waals surface area contributed by atoms with Crippen molar-refractivity contribution < 1.29 is 14.0 Å². The van der Waals surface area contributed by atoms with Gasteiger partial charge in [0.1, 0.15) is 0 Å². The summed E-state index contributed by atoms with van der Waals surface area (Å²) in [4.78, 5) is 0. The van der Waals surface area contributed by atoms with Crippen molar-refractivity contribution >= 4 is 29.3 Å². The van der Waals surface area contributed by atoms with Gasteiger partial charge >= 0.3 is 111 Å². The van der Waals surface area contributed by atoms with Gasteiger partial charge in [0.05, 0.1) is 0 Å². The summed E-state index contributed by atoms with van der Waals surface area (Å²) in [5, 5.41) is 0. The molecule has 88 valence electrons. The Labute approximate surface area is 111 Å². The van der Waals surface area contributed by atoms with E-state index in [1.54, 1.807) is 14.2 Å². The summed E-state index contributed by atoms with van der Waals surface area (Å²) < 4.78 is 15.6. The van der Waals surface area contributed by atoms with Gasteiger partial charge in [0, 0.05) is 0 Å². The molecule has 17 heavy (non-hydrogen) atoms. The van der Waals surface area contributed by atoms with Crippen molar-refractivity contribution in [2.45, 2.75) is 13.5 Å². The molecule has 0 amide bonds. The number of hydrogen-bond donors (Lipinski definition) is 0. The minimum atomic E-state index is -0.311. The maximum atomic E-state index is 5.41. The van der Waals surface area contributed by atoms with Crippen molar-refractivity contribution in [1.29, 1.82) is 0 Å². The molecular formula is C13H14NO2Te+. The second-order valence-corrected chi connectivity index (χ2v) is 7.11. The van der Waals surface area contributed by atoms with E-state index in [9.17, 15) is 0 Å². The first-order chi connectivity index (χ1) is 8.21. The molecule has 3 nitrogen and oxygen atoms in total. The molecule has 2 rings (SSSR count). The molecule has 0 aliphatic heterocycles. The zero-order chi connectivity index (χ0) is 12.4. The molecule has 0 unspecified atom stereocenters. The number of benzene rings is 1. The number of ether oxygens (including phenoxy) is 2. The van der Waals surface area contributed by atoms with Gasteiger partial charge in [-0.3, -0.25) is 0 Å². The fourth-order valence-corrected chi connectivity index (χ4v) is 4.76. The minimum absolute atomic E-state index is 0.311. The van der Waals surface area contributed by atoms with Crippen molar-refractivity contribution in [3.63, 3.8) is 0 Å². The molecule has 4 heteroatoms. The summed E-state index contributed by atoms with van der Waals surface area (Å²) in [6.45, 7) is 2.78. The zero-order valence-electron chi connectivity index (χ0n) is 10.1. The van der Waals surface area contributed by atoms with Crippen LogP contribution in [-0.4, -0.2) is 34.7 Å². The van der Waals surface area contributed by atoms with E-state index in [2.05, 4.69) is 23.5 Å². The topological polar surface area (TPSA) is 22.3 Å². The summed E-state index contributed by atoms with van der Waals surface area (Å²) in [5.74, 6) is 4.26. The molecule has 0 saturated carbocycles. The SMILES string of the molecule is C#CC[n+]1c(C)[te]c2cc(OC)c(OC)cc21. The predicted molar refractivity (Wildman–Crippen MR) is 67.8 cm³/mol. The second kappa shape index (κ2) is 5.00. The summed E-state index contributed by atoms with van der Waals surface area (Å²) in [6, 6.07) is 4.10. The van der Waals surface area contributed by atoms with E-state index in [0.29, 0.717) is 6.54 Å². The first-order valence-electron chi connectivity index (χ1n) is 5.19. The van der Waals surface area contributed by atoms with Crippen molar-refractivity contribution in [1.82, 2.24) is 0 Å². The molecule has 0 aliphatic carbocycles. The van der Waals surface area contributed by atoms with Crippen LogP contribution in [0.25, 0.3) is 8.92 Å². The monoisotopic (exact) mass is 346 g/mol. The Balaban J connectivity index is 2.71. The zero-order valence-corrected chi connectivity index (χ0v) is 12.4. The molecule has 2 aromatic rings. The van der Waals surface area contributed by atoms with Crippen LogP contribution >= 0.6 is 0 Å². The normalized spacial score (nSPS) is 10.2. The summed E-state index contributed by atoms with van der Waals surface area (Å²) in [6.07, 6.45) is 5.41. The second-order valence-electron chi connectivity index (χ2n) is 3.59. The molecule has 0 radical (unpaired) electrons. The fourth-order valence-electron chi connectivity index (χ4n) is 1.81. The molecule has 0 atom stereocenters. The average Bonchev–Trinajstić information content (AvgIpc) is 2.64. The van der Waals surface area contributed by atoms with Crippen LogP contribution in [0.15, 0.2) is 12.1 Å². The van der Waals surface area contributed by atoms with Crippen LogP contribution in [0.2, 0.25) is 0 Å². The summed E-state index contributed by atoms with van der Waals surface area (Å²) in [7, 11) is 3.31. The summed E-state index contributed by atoms with van der Waals surface area (Å²) in [5.41, 5.74) is 1.18. The Hall–Kier alpha value is -1.16. The maximum absolute atomic E-state index is 5.41. The molecule has 0 aliphatic rings. The average molecular weight is 344 g/mol. The number of fused-ring (bicyclic) bond motifs is 1. The Morgan fingerprint density at radius 2 is 1.94 bits per heavy atom. The third-order valence-corrected chi connectivity index (χ3v) is 5.68. The summed E-state index contributed by atoms with van der Waals surface area (Å²) >= 11 is -0.311. The van der Waals surface area contributed by atoms with E-state index in [4.69, 9.17) is 15.9 Å². The first kappa shape index (κ1) is 12.3. The van der Waals surface area contributed by atoms with Gasteiger partial charge in [-0.15, -0.1) is 0 Å². The predicted octanol–water partition coefficient (Wildman–Crippen LogP) is 1.14.